The highest BCUT2D eigenvalue weighted by atomic mass is 19.1. The zero-order valence-corrected chi connectivity index (χ0v) is 31.5. The summed E-state index contributed by atoms with van der Waals surface area (Å²) in [4.78, 5) is 113. The Morgan fingerprint density at radius 1 is 0.632 bits per heavy atom. The van der Waals surface area contributed by atoms with Gasteiger partial charge in [-0.3, -0.25) is 43.2 Å². The second-order valence-corrected chi connectivity index (χ2v) is 14.1. The molecule has 0 aliphatic rings. The SMILES string of the molecule is CC(=O)[C@H](CCC(=O)O)CC(=O)[C@H](Cc1cccc2ccccc12)NC(=O)[C@@H](CC(=O)CNC(=O)[C@H](CCC(=O)O)CC(=O)CCC(=O)O)Cc1cccc(F)c1. The predicted molar refractivity (Wildman–Crippen MR) is 203 cm³/mol. The van der Waals surface area contributed by atoms with Gasteiger partial charge in [0.25, 0.3) is 0 Å². The number of aliphatic carboxylic acids is 3. The van der Waals surface area contributed by atoms with Crippen molar-refractivity contribution in [3.8, 4) is 0 Å². The number of carbonyl (C=O) groups is 9. The summed E-state index contributed by atoms with van der Waals surface area (Å²) in [6.45, 7) is 0.629. The van der Waals surface area contributed by atoms with Crippen molar-refractivity contribution < 1.29 is 62.9 Å². The third kappa shape index (κ3) is 15.9. The van der Waals surface area contributed by atoms with Gasteiger partial charge in [0.15, 0.2) is 11.6 Å². The first-order chi connectivity index (χ1) is 27.0. The van der Waals surface area contributed by atoms with Crippen molar-refractivity contribution in [1.82, 2.24) is 10.6 Å². The van der Waals surface area contributed by atoms with Crippen LogP contribution in [0.15, 0.2) is 66.7 Å². The second-order valence-electron chi connectivity index (χ2n) is 14.1. The number of halogens is 1. The van der Waals surface area contributed by atoms with Gasteiger partial charge in [0.1, 0.15) is 17.4 Å². The van der Waals surface area contributed by atoms with E-state index in [1.807, 2.05) is 30.3 Å². The summed E-state index contributed by atoms with van der Waals surface area (Å²) in [7, 11) is 0. The number of Topliss-reactive ketones (excluding diaryl/α,β-unsaturated/α-hetero) is 4. The number of hydrogen-bond acceptors (Lipinski definition) is 9. The summed E-state index contributed by atoms with van der Waals surface area (Å²) >= 11 is 0. The Morgan fingerprint density at radius 2 is 1.25 bits per heavy atom. The Balaban J connectivity index is 1.87. The molecule has 3 aromatic carbocycles. The molecule has 2 amide bonds. The summed E-state index contributed by atoms with van der Waals surface area (Å²) in [5.41, 5.74) is 1.04. The third-order valence-electron chi connectivity index (χ3n) is 9.58. The lowest BCUT2D eigenvalue weighted by atomic mass is 9.87. The number of benzene rings is 3. The quantitative estimate of drug-likeness (QED) is 0.0766. The molecule has 0 radical (unpaired) electrons. The van der Waals surface area contributed by atoms with Crippen molar-refractivity contribution in [2.75, 3.05) is 6.54 Å². The number of carboxylic acids is 3. The van der Waals surface area contributed by atoms with Crippen molar-refractivity contribution in [2.24, 2.45) is 17.8 Å². The second kappa shape index (κ2) is 22.4. The minimum Gasteiger partial charge on any atom is -0.481 e. The van der Waals surface area contributed by atoms with Gasteiger partial charge in [-0.1, -0.05) is 54.6 Å². The van der Waals surface area contributed by atoms with Crippen LogP contribution in [0, 0.1) is 23.6 Å². The normalized spacial score (nSPS) is 13.1. The highest BCUT2D eigenvalue weighted by Crippen LogP contribution is 2.23. The lowest BCUT2D eigenvalue weighted by Crippen LogP contribution is -2.47. The zero-order chi connectivity index (χ0) is 42.1. The molecule has 14 nitrogen and oxygen atoms in total. The van der Waals surface area contributed by atoms with E-state index >= 15 is 0 Å². The molecule has 0 bridgehead atoms. The van der Waals surface area contributed by atoms with Crippen LogP contribution in [-0.2, 0) is 56.0 Å². The van der Waals surface area contributed by atoms with E-state index in [0.717, 1.165) is 10.8 Å². The van der Waals surface area contributed by atoms with Gasteiger partial charge in [0, 0.05) is 62.7 Å². The van der Waals surface area contributed by atoms with Gasteiger partial charge in [-0.2, -0.15) is 0 Å². The van der Waals surface area contributed by atoms with Crippen LogP contribution in [0.3, 0.4) is 0 Å². The molecule has 0 fully saturated rings. The molecular formula is C42H47FN2O12. The van der Waals surface area contributed by atoms with Crippen molar-refractivity contribution >= 4 is 63.6 Å². The molecule has 0 unspecified atom stereocenters. The maximum Gasteiger partial charge on any atom is 0.303 e. The average molecular weight is 791 g/mol. The van der Waals surface area contributed by atoms with Crippen molar-refractivity contribution in [2.45, 2.75) is 83.6 Å². The predicted octanol–water partition coefficient (Wildman–Crippen LogP) is 4.27. The highest BCUT2D eigenvalue weighted by molar-refractivity contribution is 5.96. The molecule has 304 valence electrons. The zero-order valence-electron chi connectivity index (χ0n) is 31.5. The number of carbonyl (C=O) groups excluding carboxylic acids is 6. The van der Waals surface area contributed by atoms with Crippen molar-refractivity contribution in [1.29, 1.82) is 0 Å². The lowest BCUT2D eigenvalue weighted by molar-refractivity contribution is -0.139. The first-order valence-electron chi connectivity index (χ1n) is 18.5. The minimum atomic E-state index is -1.23. The van der Waals surface area contributed by atoms with Gasteiger partial charge in [-0.15, -0.1) is 0 Å². The fourth-order valence-corrected chi connectivity index (χ4v) is 6.49. The fourth-order valence-electron chi connectivity index (χ4n) is 6.49. The molecule has 0 spiro atoms. The van der Waals surface area contributed by atoms with Gasteiger partial charge in [-0.25, -0.2) is 4.39 Å². The molecule has 0 saturated carbocycles. The highest BCUT2D eigenvalue weighted by Gasteiger charge is 2.31. The number of ketones is 4. The Labute approximate surface area is 328 Å². The molecule has 4 atom stereocenters. The topological polar surface area (TPSA) is 238 Å². The lowest BCUT2D eigenvalue weighted by Gasteiger charge is -2.24. The van der Waals surface area contributed by atoms with Gasteiger partial charge in [0.05, 0.1) is 19.0 Å². The van der Waals surface area contributed by atoms with Crippen LogP contribution in [-0.4, -0.2) is 80.8 Å². The largest absolute Gasteiger partial charge is 0.481 e. The van der Waals surface area contributed by atoms with E-state index in [0.29, 0.717) is 11.1 Å². The molecule has 0 aromatic heterocycles. The molecule has 0 saturated heterocycles. The maximum atomic E-state index is 14.2. The summed E-state index contributed by atoms with van der Waals surface area (Å²) < 4.78 is 14.2. The smallest absolute Gasteiger partial charge is 0.303 e. The summed E-state index contributed by atoms with van der Waals surface area (Å²) in [5, 5.41) is 34.0. The Morgan fingerprint density at radius 3 is 1.89 bits per heavy atom. The molecule has 57 heavy (non-hydrogen) atoms. The summed E-state index contributed by atoms with van der Waals surface area (Å²) in [6.07, 6.45) is -3.51. The van der Waals surface area contributed by atoms with Crippen molar-refractivity contribution in [3.63, 3.8) is 0 Å². The number of amides is 2. The fraction of sp³-hybridized carbons (Fsp3) is 0.405. The van der Waals surface area contributed by atoms with Crippen LogP contribution >= 0.6 is 0 Å². The molecule has 5 N–H and O–H groups in total. The Hall–Kier alpha value is -6.12. The van der Waals surface area contributed by atoms with Crippen LogP contribution in [0.1, 0.15) is 75.8 Å². The van der Waals surface area contributed by atoms with Crippen LogP contribution in [0.4, 0.5) is 4.39 Å². The van der Waals surface area contributed by atoms with Crippen LogP contribution in [0.25, 0.3) is 10.8 Å². The molecular weight excluding hydrogens is 743 g/mol. The first kappa shape index (κ1) is 45.3. The number of fused-ring (bicyclic) bond motifs is 1. The van der Waals surface area contributed by atoms with E-state index in [-0.39, 0.29) is 44.9 Å². The molecule has 15 heteroatoms. The van der Waals surface area contributed by atoms with Gasteiger partial charge in [-0.05, 0) is 60.2 Å². The monoisotopic (exact) mass is 790 g/mol. The Kier molecular flexibility index (Phi) is 17.8. The summed E-state index contributed by atoms with van der Waals surface area (Å²) in [6, 6.07) is 16.9. The van der Waals surface area contributed by atoms with E-state index in [2.05, 4.69) is 10.6 Å². The third-order valence-corrected chi connectivity index (χ3v) is 9.58. The first-order valence-corrected chi connectivity index (χ1v) is 18.5. The van der Waals surface area contributed by atoms with E-state index in [1.165, 1.54) is 25.1 Å². The molecule has 3 rings (SSSR count). The van der Waals surface area contributed by atoms with Crippen LogP contribution < -0.4 is 10.6 Å². The van der Waals surface area contributed by atoms with Gasteiger partial charge >= 0.3 is 17.9 Å². The van der Waals surface area contributed by atoms with Crippen LogP contribution in [0.5, 0.6) is 0 Å². The molecule has 0 aliphatic heterocycles. The average Bonchev–Trinajstić information content (AvgIpc) is 3.15. The number of hydrogen-bond donors (Lipinski definition) is 5. The molecule has 0 aliphatic carbocycles. The minimum absolute atomic E-state index is 0.0188. The van der Waals surface area contributed by atoms with Crippen molar-refractivity contribution in [3.05, 3.63) is 83.7 Å². The number of rotatable bonds is 26. The summed E-state index contributed by atoms with van der Waals surface area (Å²) in [5.74, 6) is -11.3. The number of nitrogens with one attached hydrogen (secondary N) is 2. The van der Waals surface area contributed by atoms with Gasteiger partial charge < -0.3 is 26.0 Å². The number of carboxylic acid groups (broad SMARTS) is 3. The van der Waals surface area contributed by atoms with Gasteiger partial charge in [0.2, 0.25) is 11.8 Å². The van der Waals surface area contributed by atoms with E-state index < -0.39 is 115 Å². The van der Waals surface area contributed by atoms with E-state index in [9.17, 15) is 52.6 Å². The molecule has 0 heterocycles. The van der Waals surface area contributed by atoms with Crippen LogP contribution in [0.2, 0.25) is 0 Å². The Bertz CT molecular complexity index is 1970. The standard InChI is InChI=1S/C42H47FN2O12/c1-25(46)28(12-15-38(50)51)23-37(49)36(22-29-9-5-8-27-7-2-3-11-35(27)29)45-42(57)31(18-26-6-4-10-32(43)19-26)21-34(48)24-44-41(56)30(13-16-39(52)53)20-33(47)14-17-40(54)55/h2-11,19,28,30-31,36H,12-18,20-24H2,1H3,(H,44,56)(H,45,57)(H,50,51)(H,52,53)(H,54,55)/t28-,30-,31-,36+/m1/s1. The van der Waals surface area contributed by atoms with E-state index in [1.54, 1.807) is 18.2 Å². The van der Waals surface area contributed by atoms with E-state index in [4.69, 9.17) is 10.2 Å². The maximum absolute atomic E-state index is 14.2. The molecule has 3 aromatic rings.